The Morgan fingerprint density at radius 3 is 2.38 bits per heavy atom. The first-order valence-corrected chi connectivity index (χ1v) is 11.0. The zero-order valence-electron chi connectivity index (χ0n) is 18.4. The smallest absolute Gasteiger partial charge is 0.252 e. The molecule has 5 nitrogen and oxygen atoms in total. The van der Waals surface area contributed by atoms with E-state index in [0.29, 0.717) is 17.7 Å². The van der Waals surface area contributed by atoms with Crippen LogP contribution in [0.25, 0.3) is 11.1 Å². The number of hydrogen-bond donors (Lipinski definition) is 1. The number of nitrogens with one attached hydrogen (secondary N) is 1. The summed E-state index contributed by atoms with van der Waals surface area (Å²) in [4.78, 5) is 17.9. The molecule has 0 aromatic heterocycles. The van der Waals surface area contributed by atoms with Gasteiger partial charge in [0.1, 0.15) is 0 Å². The lowest BCUT2D eigenvalue weighted by molar-refractivity contribution is 0.0951. The number of rotatable bonds is 6. The van der Waals surface area contributed by atoms with Gasteiger partial charge < -0.3 is 10.2 Å². The van der Waals surface area contributed by atoms with Crippen LogP contribution in [0.5, 0.6) is 0 Å². The van der Waals surface area contributed by atoms with Gasteiger partial charge in [0.05, 0.1) is 11.6 Å². The average Bonchev–Trinajstić information content (AvgIpc) is 2.84. The van der Waals surface area contributed by atoms with E-state index in [0.717, 1.165) is 49.4 Å². The van der Waals surface area contributed by atoms with Gasteiger partial charge in [0.25, 0.3) is 5.91 Å². The number of amides is 1. The maximum Gasteiger partial charge on any atom is 0.252 e. The predicted molar refractivity (Wildman–Crippen MR) is 127 cm³/mol. The van der Waals surface area contributed by atoms with Gasteiger partial charge in [0, 0.05) is 50.4 Å². The highest BCUT2D eigenvalue weighted by molar-refractivity contribution is 6.01. The van der Waals surface area contributed by atoms with E-state index >= 15 is 0 Å². The Kier molecular flexibility index (Phi) is 6.96. The van der Waals surface area contributed by atoms with Gasteiger partial charge in [-0.25, -0.2) is 0 Å². The lowest BCUT2D eigenvalue weighted by Gasteiger charge is -2.32. The SMILES string of the molecule is CN1CCN(Cc2cccc(CNC(=O)c3ccccc3-c3ccccc3C#N)c2)CC1. The van der Waals surface area contributed by atoms with Gasteiger partial charge in [0.15, 0.2) is 0 Å². The summed E-state index contributed by atoms with van der Waals surface area (Å²) in [6.45, 7) is 5.76. The number of nitriles is 1. The molecule has 5 heteroatoms. The largest absolute Gasteiger partial charge is 0.348 e. The van der Waals surface area contributed by atoms with Crippen molar-refractivity contribution in [3.63, 3.8) is 0 Å². The molecule has 32 heavy (non-hydrogen) atoms. The lowest BCUT2D eigenvalue weighted by atomic mass is 9.95. The van der Waals surface area contributed by atoms with Crippen LogP contribution in [-0.2, 0) is 13.1 Å². The van der Waals surface area contributed by atoms with E-state index in [1.807, 2.05) is 48.5 Å². The molecular formula is C27H28N4O. The first-order valence-electron chi connectivity index (χ1n) is 11.0. The van der Waals surface area contributed by atoms with Crippen molar-refractivity contribution in [3.8, 4) is 17.2 Å². The maximum atomic E-state index is 13.0. The minimum atomic E-state index is -0.141. The van der Waals surface area contributed by atoms with E-state index in [1.54, 1.807) is 6.07 Å². The number of carbonyl (C=O) groups excluding carboxylic acids is 1. The van der Waals surface area contributed by atoms with E-state index < -0.39 is 0 Å². The summed E-state index contributed by atoms with van der Waals surface area (Å²) in [6, 6.07) is 25.5. The van der Waals surface area contributed by atoms with E-state index in [-0.39, 0.29) is 5.91 Å². The molecule has 4 rings (SSSR count). The summed E-state index contributed by atoms with van der Waals surface area (Å²) in [5, 5.41) is 12.5. The fraction of sp³-hybridized carbons (Fsp3) is 0.259. The van der Waals surface area contributed by atoms with Crippen molar-refractivity contribution < 1.29 is 4.79 Å². The Morgan fingerprint density at radius 2 is 1.59 bits per heavy atom. The van der Waals surface area contributed by atoms with E-state index in [2.05, 4.69) is 46.4 Å². The molecule has 0 spiro atoms. The molecule has 1 saturated heterocycles. The van der Waals surface area contributed by atoms with Crippen molar-refractivity contribution in [1.29, 1.82) is 5.26 Å². The Balaban J connectivity index is 1.44. The summed E-state index contributed by atoms with van der Waals surface area (Å²) >= 11 is 0. The molecular weight excluding hydrogens is 396 g/mol. The highest BCUT2D eigenvalue weighted by Crippen LogP contribution is 2.27. The zero-order chi connectivity index (χ0) is 22.3. The Labute approximate surface area is 189 Å². The fourth-order valence-corrected chi connectivity index (χ4v) is 4.11. The molecule has 1 heterocycles. The topological polar surface area (TPSA) is 59.4 Å². The fourth-order valence-electron chi connectivity index (χ4n) is 4.11. The molecule has 0 aliphatic carbocycles. The first-order chi connectivity index (χ1) is 15.6. The highest BCUT2D eigenvalue weighted by atomic mass is 16.1. The molecule has 0 unspecified atom stereocenters. The Morgan fingerprint density at radius 1 is 0.906 bits per heavy atom. The third kappa shape index (κ3) is 5.23. The minimum Gasteiger partial charge on any atom is -0.348 e. The van der Waals surface area contributed by atoms with Crippen LogP contribution in [0.2, 0.25) is 0 Å². The van der Waals surface area contributed by atoms with Gasteiger partial charge in [-0.1, -0.05) is 60.7 Å². The van der Waals surface area contributed by atoms with Crippen molar-refractivity contribution in [1.82, 2.24) is 15.1 Å². The second-order valence-corrected chi connectivity index (χ2v) is 8.29. The third-order valence-electron chi connectivity index (χ3n) is 5.96. The predicted octanol–water partition coefficient (Wildman–Crippen LogP) is 3.90. The molecule has 3 aromatic carbocycles. The van der Waals surface area contributed by atoms with Gasteiger partial charge >= 0.3 is 0 Å². The number of benzene rings is 3. The van der Waals surface area contributed by atoms with E-state index in [4.69, 9.17) is 0 Å². The molecule has 1 fully saturated rings. The van der Waals surface area contributed by atoms with Gasteiger partial charge in [-0.05, 0) is 35.9 Å². The molecule has 0 atom stereocenters. The van der Waals surface area contributed by atoms with Crippen molar-refractivity contribution in [2.24, 2.45) is 0 Å². The van der Waals surface area contributed by atoms with Gasteiger partial charge in [-0.3, -0.25) is 9.69 Å². The normalized spacial score (nSPS) is 14.6. The average molecular weight is 425 g/mol. The summed E-state index contributed by atoms with van der Waals surface area (Å²) in [6.07, 6.45) is 0. The molecule has 0 saturated carbocycles. The highest BCUT2D eigenvalue weighted by Gasteiger charge is 2.16. The summed E-state index contributed by atoms with van der Waals surface area (Å²) in [7, 11) is 2.16. The zero-order valence-corrected chi connectivity index (χ0v) is 18.4. The second-order valence-electron chi connectivity index (χ2n) is 8.29. The lowest BCUT2D eigenvalue weighted by Crippen LogP contribution is -2.43. The molecule has 1 aliphatic heterocycles. The second kappa shape index (κ2) is 10.2. The monoisotopic (exact) mass is 424 g/mol. The number of likely N-dealkylation sites (N-methyl/N-ethyl adjacent to an activating group) is 1. The number of nitrogens with zero attached hydrogens (tertiary/aromatic N) is 3. The molecule has 3 aromatic rings. The minimum absolute atomic E-state index is 0.141. The molecule has 1 amide bonds. The Hall–Kier alpha value is -3.46. The van der Waals surface area contributed by atoms with Crippen LogP contribution in [0, 0.1) is 11.3 Å². The third-order valence-corrected chi connectivity index (χ3v) is 5.96. The maximum absolute atomic E-state index is 13.0. The summed E-state index contributed by atoms with van der Waals surface area (Å²) < 4.78 is 0. The van der Waals surface area contributed by atoms with E-state index in [1.165, 1.54) is 5.56 Å². The molecule has 1 N–H and O–H groups in total. The number of carbonyl (C=O) groups is 1. The van der Waals surface area contributed by atoms with Gasteiger partial charge in [-0.15, -0.1) is 0 Å². The number of piperazine rings is 1. The number of hydrogen-bond acceptors (Lipinski definition) is 4. The van der Waals surface area contributed by atoms with Crippen LogP contribution in [0.3, 0.4) is 0 Å². The van der Waals surface area contributed by atoms with Gasteiger partial charge in [0.2, 0.25) is 0 Å². The van der Waals surface area contributed by atoms with Gasteiger partial charge in [-0.2, -0.15) is 5.26 Å². The van der Waals surface area contributed by atoms with Crippen LogP contribution in [0.4, 0.5) is 0 Å². The van der Waals surface area contributed by atoms with Crippen molar-refractivity contribution in [3.05, 3.63) is 95.1 Å². The van der Waals surface area contributed by atoms with Crippen LogP contribution in [0.15, 0.2) is 72.8 Å². The van der Waals surface area contributed by atoms with Crippen molar-refractivity contribution in [2.45, 2.75) is 13.1 Å². The summed E-state index contributed by atoms with van der Waals surface area (Å²) in [5.41, 5.74) is 5.03. The van der Waals surface area contributed by atoms with E-state index in [9.17, 15) is 10.1 Å². The molecule has 0 bridgehead atoms. The van der Waals surface area contributed by atoms with Crippen molar-refractivity contribution >= 4 is 5.91 Å². The molecule has 162 valence electrons. The van der Waals surface area contributed by atoms with Crippen LogP contribution >= 0.6 is 0 Å². The summed E-state index contributed by atoms with van der Waals surface area (Å²) in [5.74, 6) is -0.141. The van der Waals surface area contributed by atoms with Crippen LogP contribution < -0.4 is 5.32 Å². The molecule has 1 aliphatic rings. The quantitative estimate of drug-likeness (QED) is 0.652. The van der Waals surface area contributed by atoms with Crippen LogP contribution in [0.1, 0.15) is 27.0 Å². The molecule has 0 radical (unpaired) electrons. The van der Waals surface area contributed by atoms with Crippen LogP contribution in [-0.4, -0.2) is 48.9 Å². The Bertz CT molecular complexity index is 1130. The van der Waals surface area contributed by atoms with Crippen molar-refractivity contribution in [2.75, 3.05) is 33.2 Å². The first kappa shape index (κ1) is 21.8. The standard InChI is InChI=1S/C27H28N4O/c1-30-13-15-31(16-14-30)20-22-8-6-7-21(17-22)19-29-27(32)26-12-5-4-11-25(26)24-10-3-2-9-23(24)18-28/h2-12,17H,13-16,19-20H2,1H3,(H,29,32).